The molecule has 3 aromatic rings. The molecule has 3 rings (SSSR count). The van der Waals surface area contributed by atoms with Crippen LogP contribution in [0, 0.1) is 6.92 Å². The van der Waals surface area contributed by atoms with Crippen molar-refractivity contribution in [3.05, 3.63) is 41.1 Å². The quantitative estimate of drug-likeness (QED) is 0.739. The summed E-state index contributed by atoms with van der Waals surface area (Å²) in [5, 5.41) is 7.56. The fraction of sp³-hybridized carbons (Fsp3) is 0.353. The first kappa shape index (κ1) is 16.6. The minimum atomic E-state index is -0.0772. The number of amides is 1. The Labute approximate surface area is 144 Å². The molecule has 2 heterocycles. The Kier molecular flexibility index (Phi) is 4.92. The molecule has 0 aliphatic heterocycles. The molecule has 0 bridgehead atoms. The van der Waals surface area contributed by atoms with Gasteiger partial charge in [-0.05, 0) is 33.0 Å². The van der Waals surface area contributed by atoms with Crippen LogP contribution in [0.1, 0.15) is 30.2 Å². The molecule has 0 fully saturated rings. The number of hydrogen-bond acceptors (Lipinski definition) is 6. The van der Waals surface area contributed by atoms with Gasteiger partial charge in [-0.15, -0.1) is 11.3 Å². The Morgan fingerprint density at radius 3 is 2.92 bits per heavy atom. The van der Waals surface area contributed by atoms with E-state index >= 15 is 0 Å². The van der Waals surface area contributed by atoms with Gasteiger partial charge in [-0.2, -0.15) is 0 Å². The van der Waals surface area contributed by atoms with Gasteiger partial charge < -0.3 is 9.84 Å². The van der Waals surface area contributed by atoms with Crippen LogP contribution in [0.25, 0.3) is 10.2 Å². The molecule has 6 nitrogen and oxygen atoms in total. The third-order valence-corrected chi connectivity index (χ3v) is 5.12. The third kappa shape index (κ3) is 3.80. The number of hydrogen-bond donors (Lipinski definition) is 1. The number of para-hydroxylation sites is 1. The largest absolute Gasteiger partial charge is 0.360 e. The Morgan fingerprint density at radius 1 is 1.42 bits per heavy atom. The van der Waals surface area contributed by atoms with Crippen LogP contribution >= 0.6 is 11.3 Å². The minimum Gasteiger partial charge on any atom is -0.360 e. The van der Waals surface area contributed by atoms with Crippen molar-refractivity contribution in [3.8, 4) is 0 Å². The van der Waals surface area contributed by atoms with E-state index in [9.17, 15) is 4.79 Å². The second kappa shape index (κ2) is 7.11. The van der Waals surface area contributed by atoms with Crippen molar-refractivity contribution in [1.29, 1.82) is 0 Å². The van der Waals surface area contributed by atoms with E-state index in [4.69, 9.17) is 4.52 Å². The standard InChI is InChI=1S/C17H20N4O2S/c1-11-10-15(20-23-11)19-16(22)8-9-21(3)12(2)17-18-13-6-4-5-7-14(13)24-17/h4-7,10,12H,8-9H2,1-3H3,(H,19,20,22). The Bertz CT molecular complexity index is 809. The van der Waals surface area contributed by atoms with Crippen LogP contribution < -0.4 is 5.32 Å². The second-order valence-corrected chi connectivity index (χ2v) is 6.86. The number of aromatic nitrogens is 2. The highest BCUT2D eigenvalue weighted by molar-refractivity contribution is 7.18. The van der Waals surface area contributed by atoms with Gasteiger partial charge >= 0.3 is 0 Å². The lowest BCUT2D eigenvalue weighted by Gasteiger charge is -2.22. The molecule has 1 aromatic carbocycles. The van der Waals surface area contributed by atoms with Crippen molar-refractivity contribution in [2.45, 2.75) is 26.3 Å². The topological polar surface area (TPSA) is 71.3 Å². The van der Waals surface area contributed by atoms with Crippen LogP contribution in [-0.4, -0.2) is 34.5 Å². The van der Waals surface area contributed by atoms with Crippen molar-refractivity contribution in [1.82, 2.24) is 15.0 Å². The molecule has 1 atom stereocenters. The number of thiazole rings is 1. The number of benzene rings is 1. The Morgan fingerprint density at radius 2 is 2.21 bits per heavy atom. The molecule has 0 spiro atoms. The highest BCUT2D eigenvalue weighted by atomic mass is 32.1. The smallest absolute Gasteiger partial charge is 0.226 e. The molecule has 7 heteroatoms. The number of rotatable bonds is 6. The summed E-state index contributed by atoms with van der Waals surface area (Å²) in [5.41, 5.74) is 1.02. The maximum absolute atomic E-state index is 12.0. The maximum Gasteiger partial charge on any atom is 0.226 e. The zero-order chi connectivity index (χ0) is 17.1. The molecule has 0 aliphatic rings. The average molecular weight is 344 g/mol. The van der Waals surface area contributed by atoms with Crippen LogP contribution in [0.5, 0.6) is 0 Å². The molecule has 1 N–H and O–H groups in total. The highest BCUT2D eigenvalue weighted by Crippen LogP contribution is 2.28. The number of nitrogens with zero attached hydrogens (tertiary/aromatic N) is 3. The van der Waals surface area contributed by atoms with Crippen LogP contribution in [-0.2, 0) is 4.79 Å². The monoisotopic (exact) mass is 344 g/mol. The molecular formula is C17H20N4O2S. The molecule has 1 amide bonds. The van der Waals surface area contributed by atoms with Crippen molar-refractivity contribution in [2.75, 3.05) is 18.9 Å². The molecule has 0 radical (unpaired) electrons. The first-order valence-corrected chi connectivity index (χ1v) is 8.63. The summed E-state index contributed by atoms with van der Waals surface area (Å²) in [6.07, 6.45) is 0.387. The summed E-state index contributed by atoms with van der Waals surface area (Å²) >= 11 is 1.70. The van der Waals surface area contributed by atoms with Gasteiger partial charge in [0, 0.05) is 19.0 Å². The predicted molar refractivity (Wildman–Crippen MR) is 95.2 cm³/mol. The second-order valence-electron chi connectivity index (χ2n) is 5.80. The lowest BCUT2D eigenvalue weighted by molar-refractivity contribution is -0.116. The van der Waals surface area contributed by atoms with Gasteiger partial charge in [0.15, 0.2) is 5.82 Å². The fourth-order valence-electron chi connectivity index (χ4n) is 2.36. The SMILES string of the molecule is Cc1cc(NC(=O)CCN(C)C(C)c2nc3ccccc3s2)no1. The third-order valence-electron chi connectivity index (χ3n) is 3.92. The molecule has 1 unspecified atom stereocenters. The lowest BCUT2D eigenvalue weighted by atomic mass is 10.2. The number of nitrogens with one attached hydrogen (secondary N) is 1. The number of fused-ring (bicyclic) bond motifs is 1. The molecule has 0 aliphatic carbocycles. The summed E-state index contributed by atoms with van der Waals surface area (Å²) in [4.78, 5) is 18.8. The number of anilines is 1. The van der Waals surface area contributed by atoms with Gasteiger partial charge in [-0.3, -0.25) is 9.69 Å². The Balaban J connectivity index is 1.55. The summed E-state index contributed by atoms with van der Waals surface area (Å²) in [5.74, 6) is 1.05. The van der Waals surface area contributed by atoms with Crippen molar-refractivity contribution in [2.24, 2.45) is 0 Å². The Hall–Kier alpha value is -2.25. The van der Waals surface area contributed by atoms with E-state index in [-0.39, 0.29) is 11.9 Å². The number of carbonyl (C=O) groups is 1. The number of carbonyl (C=O) groups excluding carboxylic acids is 1. The van der Waals surface area contributed by atoms with E-state index < -0.39 is 0 Å². The lowest BCUT2D eigenvalue weighted by Crippen LogP contribution is -2.27. The summed E-state index contributed by atoms with van der Waals surface area (Å²) in [7, 11) is 2.00. The molecule has 24 heavy (non-hydrogen) atoms. The summed E-state index contributed by atoms with van der Waals surface area (Å²) < 4.78 is 6.12. The molecule has 126 valence electrons. The first-order valence-electron chi connectivity index (χ1n) is 7.82. The zero-order valence-corrected chi connectivity index (χ0v) is 14.8. The van der Waals surface area contributed by atoms with Crippen LogP contribution in [0.3, 0.4) is 0 Å². The molecular weight excluding hydrogens is 324 g/mol. The van der Waals surface area contributed by atoms with Gasteiger partial charge in [0.25, 0.3) is 0 Å². The maximum atomic E-state index is 12.0. The van der Waals surface area contributed by atoms with Crippen molar-refractivity contribution < 1.29 is 9.32 Å². The van der Waals surface area contributed by atoms with E-state index in [1.807, 2.05) is 25.2 Å². The molecule has 2 aromatic heterocycles. The average Bonchev–Trinajstić information content (AvgIpc) is 3.17. The van der Waals surface area contributed by atoms with E-state index in [2.05, 4.69) is 33.3 Å². The highest BCUT2D eigenvalue weighted by Gasteiger charge is 2.17. The van der Waals surface area contributed by atoms with E-state index in [1.54, 1.807) is 24.3 Å². The molecule has 0 saturated carbocycles. The van der Waals surface area contributed by atoms with Gasteiger partial charge in [-0.1, -0.05) is 17.3 Å². The summed E-state index contributed by atoms with van der Waals surface area (Å²) in [6.45, 7) is 4.53. The number of aryl methyl sites for hydroxylation is 1. The van der Waals surface area contributed by atoms with Gasteiger partial charge in [0.2, 0.25) is 5.91 Å². The minimum absolute atomic E-state index is 0.0772. The van der Waals surface area contributed by atoms with E-state index in [0.717, 1.165) is 10.5 Å². The zero-order valence-electron chi connectivity index (χ0n) is 13.9. The van der Waals surface area contributed by atoms with Crippen LogP contribution in [0.4, 0.5) is 5.82 Å². The first-order chi connectivity index (χ1) is 11.5. The van der Waals surface area contributed by atoms with Gasteiger partial charge in [-0.25, -0.2) is 4.98 Å². The normalized spacial score (nSPS) is 12.7. The summed E-state index contributed by atoms with van der Waals surface area (Å²) in [6, 6.07) is 9.98. The van der Waals surface area contributed by atoms with Crippen molar-refractivity contribution in [3.63, 3.8) is 0 Å². The van der Waals surface area contributed by atoms with Crippen molar-refractivity contribution >= 4 is 33.3 Å². The van der Waals surface area contributed by atoms with E-state index in [0.29, 0.717) is 24.5 Å². The van der Waals surface area contributed by atoms with Crippen LogP contribution in [0.2, 0.25) is 0 Å². The van der Waals surface area contributed by atoms with Crippen LogP contribution in [0.15, 0.2) is 34.9 Å². The van der Waals surface area contributed by atoms with Gasteiger partial charge in [0.1, 0.15) is 10.8 Å². The predicted octanol–water partition coefficient (Wildman–Crippen LogP) is 3.61. The van der Waals surface area contributed by atoms with Gasteiger partial charge in [0.05, 0.1) is 16.3 Å². The van der Waals surface area contributed by atoms with E-state index in [1.165, 1.54) is 4.70 Å². The molecule has 0 saturated heterocycles. The fourth-order valence-corrected chi connectivity index (χ4v) is 3.44.